The summed E-state index contributed by atoms with van der Waals surface area (Å²) in [5, 5.41) is 4.08. The van der Waals surface area contributed by atoms with E-state index in [9.17, 15) is 13.2 Å². The van der Waals surface area contributed by atoms with Crippen LogP contribution < -0.4 is 5.32 Å². The highest BCUT2D eigenvalue weighted by Crippen LogP contribution is 2.35. The minimum atomic E-state index is -2.96. The van der Waals surface area contributed by atoms with Gasteiger partial charge in [0.15, 0.2) is 15.0 Å². The molecule has 4 rings (SSSR count). The Hall–Kier alpha value is -1.54. The number of hydrogen-bond acceptors (Lipinski definition) is 6. The Morgan fingerprint density at radius 3 is 2.61 bits per heavy atom. The molecule has 1 amide bonds. The Labute approximate surface area is 171 Å². The molecule has 0 saturated carbocycles. The molecule has 0 spiro atoms. The van der Waals surface area contributed by atoms with E-state index in [1.54, 1.807) is 0 Å². The number of rotatable bonds is 2. The molecule has 0 radical (unpaired) electrons. The maximum Gasteiger partial charge on any atom is 0.253 e. The van der Waals surface area contributed by atoms with Crippen LogP contribution >= 0.6 is 11.8 Å². The second-order valence-corrected chi connectivity index (χ2v) is 11.9. The van der Waals surface area contributed by atoms with Crippen molar-refractivity contribution in [2.45, 2.75) is 38.5 Å². The summed E-state index contributed by atoms with van der Waals surface area (Å²) in [7, 11) is -2.96. The Morgan fingerprint density at radius 2 is 1.93 bits per heavy atom. The zero-order valence-electron chi connectivity index (χ0n) is 16.5. The van der Waals surface area contributed by atoms with Crippen molar-refractivity contribution in [3.8, 4) is 0 Å². The summed E-state index contributed by atoms with van der Waals surface area (Å²) in [6.45, 7) is 8.00. The van der Waals surface area contributed by atoms with E-state index < -0.39 is 9.84 Å². The number of aryl methyl sites for hydroxylation is 1. The maximum absolute atomic E-state index is 13.0. The highest BCUT2D eigenvalue weighted by atomic mass is 32.2. The lowest BCUT2D eigenvalue weighted by molar-refractivity contribution is 0.0623. The number of amidine groups is 1. The van der Waals surface area contributed by atoms with Gasteiger partial charge in [0, 0.05) is 29.6 Å². The topological polar surface area (TPSA) is 78.8 Å². The number of fused-ring (bicyclic) bond motifs is 1. The van der Waals surface area contributed by atoms with Gasteiger partial charge in [-0.1, -0.05) is 31.7 Å². The number of nitrogens with one attached hydrogen (secondary N) is 1. The lowest BCUT2D eigenvalue weighted by Crippen LogP contribution is -2.42. The van der Waals surface area contributed by atoms with Crippen LogP contribution in [0.3, 0.4) is 0 Å². The number of benzene rings is 1. The van der Waals surface area contributed by atoms with Gasteiger partial charge in [-0.2, -0.15) is 0 Å². The van der Waals surface area contributed by atoms with Crippen LogP contribution in [0, 0.1) is 18.8 Å². The largest absolute Gasteiger partial charge is 0.338 e. The van der Waals surface area contributed by atoms with E-state index in [-0.39, 0.29) is 28.7 Å². The number of carbonyl (C=O) groups is 1. The van der Waals surface area contributed by atoms with Gasteiger partial charge in [0.1, 0.15) is 0 Å². The van der Waals surface area contributed by atoms with Gasteiger partial charge in [-0.3, -0.25) is 9.79 Å². The zero-order chi connectivity index (χ0) is 20.1. The molecule has 1 N–H and O–H groups in total. The first-order chi connectivity index (χ1) is 13.2. The first-order valence-corrected chi connectivity index (χ1v) is 12.5. The third kappa shape index (κ3) is 4.08. The monoisotopic (exact) mass is 421 g/mol. The quantitative estimate of drug-likeness (QED) is 0.794. The number of amides is 1. The standard InChI is InChI=1S/C20H27N3O3S2/c1-12-6-13(2)9-23(8-12)19(24)15-5-4-14(3)16(7-15)21-20-22-17-10-28(25,26)11-18(17)27-20/h4-5,7,12-13,17-18H,6,8-11H2,1-3H3,(H,21,22). The number of likely N-dealkylation sites (tertiary alicyclic amines) is 1. The molecule has 4 atom stereocenters. The fourth-order valence-electron chi connectivity index (χ4n) is 4.43. The highest BCUT2D eigenvalue weighted by molar-refractivity contribution is 8.15. The molecule has 3 aliphatic heterocycles. The van der Waals surface area contributed by atoms with Crippen molar-refractivity contribution < 1.29 is 13.2 Å². The SMILES string of the molecule is Cc1ccc(C(=O)N2CC(C)CC(C)C2)cc1NC1=NC2CS(=O)(=O)CC2S1. The van der Waals surface area contributed by atoms with Crippen LogP contribution in [-0.2, 0) is 9.84 Å². The third-order valence-corrected chi connectivity index (χ3v) is 8.84. The van der Waals surface area contributed by atoms with Crippen LogP contribution in [-0.4, -0.2) is 60.3 Å². The number of aliphatic imine (C=N–C) groups is 1. The van der Waals surface area contributed by atoms with Gasteiger partial charge in [-0.15, -0.1) is 0 Å². The number of thioether (sulfide) groups is 1. The Balaban J connectivity index is 1.50. The second-order valence-electron chi connectivity index (χ2n) is 8.55. The van der Waals surface area contributed by atoms with Crippen molar-refractivity contribution in [2.75, 3.05) is 29.9 Å². The summed E-state index contributed by atoms with van der Waals surface area (Å²) < 4.78 is 23.5. The lowest BCUT2D eigenvalue weighted by Gasteiger charge is -2.35. The van der Waals surface area contributed by atoms with Crippen LogP contribution in [0.5, 0.6) is 0 Å². The molecule has 2 saturated heterocycles. The van der Waals surface area contributed by atoms with Crippen LogP contribution in [0.1, 0.15) is 36.2 Å². The molecule has 0 aromatic heterocycles. The van der Waals surface area contributed by atoms with Gasteiger partial charge in [-0.25, -0.2) is 8.42 Å². The maximum atomic E-state index is 13.0. The first kappa shape index (κ1) is 19.8. The van der Waals surface area contributed by atoms with Crippen molar-refractivity contribution in [1.82, 2.24) is 4.90 Å². The molecule has 2 fully saturated rings. The van der Waals surface area contributed by atoms with Crippen LogP contribution in [0.2, 0.25) is 0 Å². The lowest BCUT2D eigenvalue weighted by atomic mass is 9.91. The molecular weight excluding hydrogens is 394 g/mol. The predicted molar refractivity (Wildman–Crippen MR) is 115 cm³/mol. The smallest absolute Gasteiger partial charge is 0.253 e. The number of carbonyl (C=O) groups excluding carboxylic acids is 1. The average molecular weight is 422 g/mol. The van der Waals surface area contributed by atoms with Gasteiger partial charge in [0.2, 0.25) is 0 Å². The minimum Gasteiger partial charge on any atom is -0.338 e. The summed E-state index contributed by atoms with van der Waals surface area (Å²) in [6.07, 6.45) is 1.17. The Kier molecular flexibility index (Phi) is 5.20. The molecule has 3 aliphatic rings. The molecule has 1 aromatic rings. The Bertz CT molecular complexity index is 919. The fourth-order valence-corrected chi connectivity index (χ4v) is 8.10. The van der Waals surface area contributed by atoms with Crippen molar-refractivity contribution in [3.05, 3.63) is 29.3 Å². The number of nitrogens with zero attached hydrogens (tertiary/aromatic N) is 2. The molecule has 28 heavy (non-hydrogen) atoms. The molecule has 8 heteroatoms. The van der Waals surface area contributed by atoms with E-state index in [0.717, 1.165) is 29.5 Å². The minimum absolute atomic E-state index is 0.00828. The normalized spacial score (nSPS) is 31.4. The van der Waals surface area contributed by atoms with Gasteiger partial charge in [-0.05, 0) is 42.9 Å². The second kappa shape index (κ2) is 7.37. The van der Waals surface area contributed by atoms with Crippen LogP contribution in [0.4, 0.5) is 5.69 Å². The molecule has 152 valence electrons. The van der Waals surface area contributed by atoms with Crippen molar-refractivity contribution >= 4 is 38.4 Å². The van der Waals surface area contributed by atoms with Gasteiger partial charge in [0.05, 0.1) is 17.5 Å². The van der Waals surface area contributed by atoms with Crippen molar-refractivity contribution in [2.24, 2.45) is 16.8 Å². The molecule has 0 bridgehead atoms. The molecule has 4 unspecified atom stereocenters. The highest BCUT2D eigenvalue weighted by Gasteiger charge is 2.42. The van der Waals surface area contributed by atoms with Gasteiger partial charge in [0.25, 0.3) is 5.91 Å². The number of anilines is 1. The molecule has 1 aromatic carbocycles. The number of sulfone groups is 1. The number of hydrogen-bond donors (Lipinski definition) is 1. The first-order valence-electron chi connectivity index (χ1n) is 9.82. The van der Waals surface area contributed by atoms with E-state index in [0.29, 0.717) is 17.4 Å². The average Bonchev–Trinajstić information content (AvgIpc) is 3.08. The molecule has 6 nitrogen and oxygen atoms in total. The van der Waals surface area contributed by atoms with Crippen LogP contribution in [0.15, 0.2) is 23.2 Å². The molecule has 3 heterocycles. The van der Waals surface area contributed by atoms with Crippen LogP contribution in [0.25, 0.3) is 0 Å². The van der Waals surface area contributed by atoms with Crippen molar-refractivity contribution in [1.29, 1.82) is 0 Å². The fraction of sp³-hybridized carbons (Fsp3) is 0.600. The van der Waals surface area contributed by atoms with Gasteiger partial charge >= 0.3 is 0 Å². The van der Waals surface area contributed by atoms with E-state index in [4.69, 9.17) is 0 Å². The third-order valence-electron chi connectivity index (χ3n) is 5.70. The van der Waals surface area contributed by atoms with Crippen molar-refractivity contribution in [3.63, 3.8) is 0 Å². The summed E-state index contributed by atoms with van der Waals surface area (Å²) in [5.41, 5.74) is 2.57. The molecule has 0 aliphatic carbocycles. The number of piperidine rings is 1. The molecular formula is C20H27N3O3S2. The van der Waals surface area contributed by atoms with E-state index in [1.165, 1.54) is 18.2 Å². The zero-order valence-corrected chi connectivity index (χ0v) is 18.1. The Morgan fingerprint density at radius 1 is 1.21 bits per heavy atom. The predicted octanol–water partition coefficient (Wildman–Crippen LogP) is 2.79. The summed E-state index contributed by atoms with van der Waals surface area (Å²) in [6, 6.07) is 5.59. The van der Waals surface area contributed by atoms with Gasteiger partial charge < -0.3 is 10.2 Å². The summed E-state index contributed by atoms with van der Waals surface area (Å²) >= 11 is 1.49. The van der Waals surface area contributed by atoms with E-state index in [2.05, 4.69) is 24.2 Å². The van der Waals surface area contributed by atoms with E-state index >= 15 is 0 Å². The summed E-state index contributed by atoms with van der Waals surface area (Å²) in [4.78, 5) is 19.5. The van der Waals surface area contributed by atoms with E-state index in [1.807, 2.05) is 30.0 Å². The summed E-state index contributed by atoms with van der Waals surface area (Å²) in [5.74, 6) is 1.45.